The molecule has 35 heavy (non-hydrogen) atoms. The van der Waals surface area contributed by atoms with Crippen molar-refractivity contribution in [2.75, 3.05) is 19.8 Å². The Hall–Kier alpha value is -2.88. The number of aryl methyl sites for hydroxylation is 1. The van der Waals surface area contributed by atoms with E-state index < -0.39 is 12.5 Å². The van der Waals surface area contributed by atoms with Gasteiger partial charge in [0.1, 0.15) is 0 Å². The fourth-order valence-corrected chi connectivity index (χ4v) is 4.83. The first-order valence-corrected chi connectivity index (χ1v) is 11.9. The van der Waals surface area contributed by atoms with Crippen LogP contribution in [0, 0.1) is 0 Å². The molecule has 0 aliphatic carbocycles. The number of halogens is 2. The molecular weight excluding hydrogens is 456 g/mol. The van der Waals surface area contributed by atoms with Crippen LogP contribution in [0.25, 0.3) is 0 Å². The Balaban J connectivity index is 1.27. The number of carbonyl (C=O) groups is 2. The molecular formula is C26H31F2N3O4. The summed E-state index contributed by atoms with van der Waals surface area (Å²) >= 11 is 0. The number of hydrogen-bond donors (Lipinski definition) is 3. The summed E-state index contributed by atoms with van der Waals surface area (Å²) in [4.78, 5) is 27.3. The van der Waals surface area contributed by atoms with Gasteiger partial charge in [-0.3, -0.25) is 9.59 Å². The highest BCUT2D eigenvalue weighted by molar-refractivity contribution is 5.98. The van der Waals surface area contributed by atoms with E-state index in [4.69, 9.17) is 10.5 Å². The van der Waals surface area contributed by atoms with E-state index in [0.29, 0.717) is 42.7 Å². The van der Waals surface area contributed by atoms with Crippen LogP contribution in [0.15, 0.2) is 42.5 Å². The lowest BCUT2D eigenvalue weighted by atomic mass is 9.98. The molecule has 2 bridgehead atoms. The number of amides is 2. The lowest BCUT2D eigenvalue weighted by Gasteiger charge is -2.34. The van der Waals surface area contributed by atoms with E-state index in [9.17, 15) is 23.5 Å². The van der Waals surface area contributed by atoms with Crippen molar-refractivity contribution in [2.45, 2.75) is 56.8 Å². The van der Waals surface area contributed by atoms with Crippen LogP contribution >= 0.6 is 0 Å². The van der Waals surface area contributed by atoms with Crippen LogP contribution in [-0.4, -0.2) is 59.8 Å². The van der Waals surface area contributed by atoms with E-state index in [0.717, 1.165) is 18.4 Å². The van der Waals surface area contributed by atoms with E-state index in [1.54, 1.807) is 30.3 Å². The van der Waals surface area contributed by atoms with Crippen molar-refractivity contribution in [1.29, 1.82) is 0 Å². The van der Waals surface area contributed by atoms with Crippen molar-refractivity contribution in [1.82, 2.24) is 10.2 Å². The molecule has 4 rings (SSSR count). The minimum atomic E-state index is -2.56. The summed E-state index contributed by atoms with van der Waals surface area (Å²) in [6.45, 7) is 1.32. The summed E-state index contributed by atoms with van der Waals surface area (Å²) in [5.74, 6) is -0.389. The van der Waals surface area contributed by atoms with Crippen LogP contribution in [0.1, 0.15) is 63.1 Å². The largest absolute Gasteiger partial charge is 0.391 e. The van der Waals surface area contributed by atoms with Crippen LogP contribution < -0.4 is 11.1 Å². The second kappa shape index (κ2) is 11.2. The molecule has 3 unspecified atom stereocenters. The first-order chi connectivity index (χ1) is 16.9. The zero-order chi connectivity index (χ0) is 24.9. The topological polar surface area (TPSA) is 105 Å². The van der Waals surface area contributed by atoms with E-state index in [-0.39, 0.29) is 42.6 Å². The minimum Gasteiger partial charge on any atom is -0.391 e. The molecule has 2 aromatic carbocycles. The van der Waals surface area contributed by atoms with E-state index in [1.165, 1.54) is 12.1 Å². The van der Waals surface area contributed by atoms with Gasteiger partial charge in [0.05, 0.1) is 31.4 Å². The molecule has 7 nitrogen and oxygen atoms in total. The number of alkyl halides is 2. The fraction of sp³-hybridized carbons (Fsp3) is 0.462. The summed E-state index contributed by atoms with van der Waals surface area (Å²) in [5.41, 5.74) is 7.96. The molecule has 3 atom stereocenters. The zero-order valence-electron chi connectivity index (χ0n) is 19.5. The number of nitrogens with one attached hydrogen (secondary N) is 1. The molecule has 0 aromatic heterocycles. The predicted octanol–water partition coefficient (Wildman–Crippen LogP) is 2.81. The Labute approximate surface area is 203 Å². The van der Waals surface area contributed by atoms with Crippen LogP contribution in [0.2, 0.25) is 0 Å². The normalized spacial score (nSPS) is 20.2. The molecule has 0 saturated carbocycles. The Morgan fingerprint density at radius 3 is 2.34 bits per heavy atom. The molecule has 2 aliphatic heterocycles. The van der Waals surface area contributed by atoms with Crippen molar-refractivity contribution in [2.24, 2.45) is 5.73 Å². The summed E-state index contributed by atoms with van der Waals surface area (Å²) in [7, 11) is 0. The fourth-order valence-electron chi connectivity index (χ4n) is 4.83. The number of aliphatic hydroxyl groups excluding tert-OH is 1. The SMILES string of the molecule is NCc1cc(C(F)F)ccc1CCC(O)CNC(=O)c1ccc(C(=O)N2C3CCC2COC3)cc1. The highest BCUT2D eigenvalue weighted by Crippen LogP contribution is 2.30. The predicted molar refractivity (Wildman–Crippen MR) is 126 cm³/mol. The monoisotopic (exact) mass is 487 g/mol. The maximum atomic E-state index is 12.9. The average Bonchev–Trinajstić information content (AvgIpc) is 3.13. The van der Waals surface area contributed by atoms with Gasteiger partial charge in [0.15, 0.2) is 0 Å². The lowest BCUT2D eigenvalue weighted by Crippen LogP contribution is -2.49. The van der Waals surface area contributed by atoms with Crippen molar-refractivity contribution < 1.29 is 28.2 Å². The number of nitrogens with zero attached hydrogens (tertiary/aromatic N) is 1. The smallest absolute Gasteiger partial charge is 0.263 e. The maximum absolute atomic E-state index is 12.9. The molecule has 2 fully saturated rings. The third-order valence-corrected chi connectivity index (χ3v) is 6.82. The van der Waals surface area contributed by atoms with Crippen molar-refractivity contribution in [3.8, 4) is 0 Å². The number of ether oxygens (including phenoxy) is 1. The number of fused-ring (bicyclic) bond motifs is 2. The molecule has 4 N–H and O–H groups in total. The number of benzene rings is 2. The zero-order valence-corrected chi connectivity index (χ0v) is 19.5. The summed E-state index contributed by atoms with van der Waals surface area (Å²) in [6, 6.07) is 11.1. The minimum absolute atomic E-state index is 0.0402. The van der Waals surface area contributed by atoms with Gasteiger partial charge in [-0.1, -0.05) is 12.1 Å². The van der Waals surface area contributed by atoms with Gasteiger partial charge < -0.3 is 25.8 Å². The molecule has 9 heteroatoms. The highest BCUT2D eigenvalue weighted by Gasteiger charge is 2.40. The summed E-state index contributed by atoms with van der Waals surface area (Å²) in [5, 5.41) is 13.0. The number of rotatable bonds is 9. The first kappa shape index (κ1) is 25.2. The molecule has 0 spiro atoms. The van der Waals surface area contributed by atoms with E-state index in [2.05, 4.69) is 5.32 Å². The third kappa shape index (κ3) is 5.86. The Morgan fingerprint density at radius 2 is 1.71 bits per heavy atom. The Morgan fingerprint density at radius 1 is 1.06 bits per heavy atom. The van der Waals surface area contributed by atoms with Gasteiger partial charge in [-0.25, -0.2) is 8.78 Å². The standard InChI is InChI=1S/C26H31F2N3O4/c27-24(28)19-6-1-16(20(11-19)12-29)7-10-23(32)13-30-25(33)17-2-4-18(5-3-17)26(34)31-21-8-9-22(31)15-35-14-21/h1-6,11,21-24,32H,7-10,12-15,29H2,(H,30,33). The molecule has 2 saturated heterocycles. The highest BCUT2D eigenvalue weighted by atomic mass is 19.3. The average molecular weight is 488 g/mol. The molecule has 188 valence electrons. The Bertz CT molecular complexity index is 1030. The third-order valence-electron chi connectivity index (χ3n) is 6.82. The molecule has 2 aromatic rings. The number of carbonyl (C=O) groups excluding carboxylic acids is 2. The van der Waals surface area contributed by atoms with Crippen LogP contribution in [0.3, 0.4) is 0 Å². The van der Waals surface area contributed by atoms with Crippen molar-refractivity contribution in [3.63, 3.8) is 0 Å². The molecule has 2 amide bonds. The second-order valence-electron chi connectivity index (χ2n) is 9.15. The Kier molecular flexibility index (Phi) is 8.10. The van der Waals surface area contributed by atoms with E-state index in [1.807, 2.05) is 4.90 Å². The first-order valence-electron chi connectivity index (χ1n) is 11.9. The number of nitrogens with two attached hydrogens (primary N) is 1. The molecule has 2 heterocycles. The summed E-state index contributed by atoms with van der Waals surface area (Å²) in [6.07, 6.45) is -0.667. The summed E-state index contributed by atoms with van der Waals surface area (Å²) < 4.78 is 31.3. The second-order valence-corrected chi connectivity index (χ2v) is 9.15. The van der Waals surface area contributed by atoms with Gasteiger partial charge in [-0.2, -0.15) is 0 Å². The van der Waals surface area contributed by atoms with Gasteiger partial charge in [0.25, 0.3) is 18.2 Å². The molecule has 2 aliphatic rings. The molecule has 0 radical (unpaired) electrons. The van der Waals surface area contributed by atoms with Crippen molar-refractivity contribution >= 4 is 11.8 Å². The van der Waals surface area contributed by atoms with E-state index >= 15 is 0 Å². The van der Waals surface area contributed by atoms with Gasteiger partial charge in [0.2, 0.25) is 0 Å². The van der Waals surface area contributed by atoms with Gasteiger partial charge >= 0.3 is 0 Å². The number of hydrogen-bond acceptors (Lipinski definition) is 5. The number of morpholine rings is 1. The van der Waals surface area contributed by atoms with Crippen LogP contribution in [0.5, 0.6) is 0 Å². The number of aliphatic hydroxyl groups is 1. The van der Waals surface area contributed by atoms with Gasteiger partial charge in [-0.15, -0.1) is 0 Å². The lowest BCUT2D eigenvalue weighted by molar-refractivity contribution is -0.00716. The van der Waals surface area contributed by atoms with Crippen LogP contribution in [0.4, 0.5) is 8.78 Å². The maximum Gasteiger partial charge on any atom is 0.263 e. The van der Waals surface area contributed by atoms with Gasteiger partial charge in [0, 0.05) is 29.8 Å². The quantitative estimate of drug-likeness (QED) is 0.505. The van der Waals surface area contributed by atoms with Crippen LogP contribution in [-0.2, 0) is 17.7 Å². The van der Waals surface area contributed by atoms with Crippen molar-refractivity contribution in [3.05, 3.63) is 70.3 Å². The van der Waals surface area contributed by atoms with Gasteiger partial charge in [-0.05, 0) is 67.1 Å².